The van der Waals surface area contributed by atoms with E-state index in [9.17, 15) is 4.79 Å². The van der Waals surface area contributed by atoms with Crippen LogP contribution in [-0.2, 0) is 9.53 Å². The van der Waals surface area contributed by atoms with Crippen LogP contribution >= 0.6 is 0 Å². The van der Waals surface area contributed by atoms with Crippen molar-refractivity contribution in [2.75, 3.05) is 11.5 Å². The molecule has 1 saturated heterocycles. The van der Waals surface area contributed by atoms with Gasteiger partial charge in [0.1, 0.15) is 11.6 Å². The maximum absolute atomic E-state index is 13.0. The predicted molar refractivity (Wildman–Crippen MR) is 99.4 cm³/mol. The van der Waals surface area contributed by atoms with Gasteiger partial charge in [-0.3, -0.25) is 4.79 Å². The van der Waals surface area contributed by atoms with E-state index in [0.717, 1.165) is 43.5 Å². The average molecular weight is 349 g/mol. The number of para-hydroxylation sites is 1. The number of allylic oxidation sites excluding steroid dienone is 1. The van der Waals surface area contributed by atoms with E-state index in [4.69, 9.17) is 4.74 Å². The summed E-state index contributed by atoms with van der Waals surface area (Å²) in [5.41, 5.74) is 4.11. The maximum Gasteiger partial charge on any atom is 0.318 e. The monoisotopic (exact) mass is 349 g/mol. The van der Waals surface area contributed by atoms with Gasteiger partial charge in [-0.15, -0.1) is 0 Å². The molecule has 1 fully saturated rings. The number of piperidine rings is 1. The van der Waals surface area contributed by atoms with Crippen LogP contribution in [0.2, 0.25) is 0 Å². The number of nitrogens with zero attached hydrogens (tertiary/aromatic N) is 3. The highest BCUT2D eigenvalue weighted by Crippen LogP contribution is 2.56. The van der Waals surface area contributed by atoms with Gasteiger partial charge in [0.25, 0.3) is 0 Å². The number of aromatic nitrogens is 2. The van der Waals surface area contributed by atoms with E-state index in [1.165, 1.54) is 11.3 Å². The van der Waals surface area contributed by atoms with Crippen LogP contribution in [0.25, 0.3) is 11.3 Å². The molecule has 2 aromatic rings. The van der Waals surface area contributed by atoms with Crippen LogP contribution in [0.1, 0.15) is 45.2 Å². The largest absolute Gasteiger partial charge is 0.465 e. The van der Waals surface area contributed by atoms with Crippen LogP contribution in [0.5, 0.6) is 0 Å². The highest BCUT2D eigenvalue weighted by molar-refractivity contribution is 5.87. The summed E-state index contributed by atoms with van der Waals surface area (Å²) in [4.78, 5) is 15.4. The molecule has 0 bridgehead atoms. The second-order valence-corrected chi connectivity index (χ2v) is 7.35. The van der Waals surface area contributed by atoms with Crippen molar-refractivity contribution < 1.29 is 9.53 Å². The molecule has 5 heteroatoms. The first kappa shape index (κ1) is 15.7. The number of hydrogen-bond acceptors (Lipinski definition) is 4. The second-order valence-electron chi connectivity index (χ2n) is 7.35. The minimum absolute atomic E-state index is 0.0619. The maximum atomic E-state index is 13.0. The SMILES string of the molecule is CCOC(=O)[C@@]12CCCC=C1N1c3ccccc3-c3ccnn3[C@H]1CC2. The summed E-state index contributed by atoms with van der Waals surface area (Å²) in [7, 11) is 0. The van der Waals surface area contributed by atoms with Crippen molar-refractivity contribution in [3.8, 4) is 11.3 Å². The third kappa shape index (κ3) is 1.97. The molecule has 134 valence electrons. The Bertz CT molecular complexity index is 900. The van der Waals surface area contributed by atoms with Gasteiger partial charge in [0.2, 0.25) is 0 Å². The molecule has 0 saturated carbocycles. The lowest BCUT2D eigenvalue weighted by molar-refractivity contribution is -0.155. The number of carbonyl (C=O) groups excluding carboxylic acids is 1. The Hall–Kier alpha value is -2.56. The van der Waals surface area contributed by atoms with Crippen molar-refractivity contribution in [1.29, 1.82) is 0 Å². The summed E-state index contributed by atoms with van der Waals surface area (Å²) in [5.74, 6) is -0.0619. The Balaban J connectivity index is 1.69. The minimum atomic E-state index is -0.511. The molecular weight excluding hydrogens is 326 g/mol. The number of esters is 1. The Labute approximate surface area is 153 Å². The molecule has 5 rings (SSSR count). The first-order valence-electron chi connectivity index (χ1n) is 9.56. The highest BCUT2D eigenvalue weighted by atomic mass is 16.5. The molecule has 0 unspecified atom stereocenters. The topological polar surface area (TPSA) is 47.4 Å². The van der Waals surface area contributed by atoms with E-state index in [-0.39, 0.29) is 12.1 Å². The fraction of sp³-hybridized carbons (Fsp3) is 0.429. The molecule has 2 aliphatic heterocycles. The molecule has 2 atom stereocenters. The van der Waals surface area contributed by atoms with Gasteiger partial charge in [0, 0.05) is 17.5 Å². The lowest BCUT2D eigenvalue weighted by atomic mass is 9.69. The Morgan fingerprint density at radius 1 is 1.31 bits per heavy atom. The molecule has 3 heterocycles. The Morgan fingerprint density at radius 2 is 2.19 bits per heavy atom. The molecule has 1 aliphatic carbocycles. The number of carbonyl (C=O) groups is 1. The lowest BCUT2D eigenvalue weighted by Crippen LogP contribution is -2.51. The van der Waals surface area contributed by atoms with Gasteiger partial charge in [-0.05, 0) is 51.2 Å². The van der Waals surface area contributed by atoms with E-state index in [1.807, 2.05) is 13.1 Å². The summed E-state index contributed by atoms with van der Waals surface area (Å²) in [6.45, 7) is 2.32. The highest BCUT2D eigenvalue weighted by Gasteiger charge is 2.53. The van der Waals surface area contributed by atoms with Crippen molar-refractivity contribution in [3.05, 3.63) is 48.3 Å². The molecule has 0 radical (unpaired) electrons. The van der Waals surface area contributed by atoms with E-state index < -0.39 is 5.41 Å². The molecule has 26 heavy (non-hydrogen) atoms. The number of ether oxygens (including phenoxy) is 1. The molecule has 1 aromatic heterocycles. The Morgan fingerprint density at radius 3 is 3.08 bits per heavy atom. The summed E-state index contributed by atoms with van der Waals surface area (Å²) in [6, 6.07) is 10.5. The average Bonchev–Trinajstić information content (AvgIpc) is 3.18. The van der Waals surface area contributed by atoms with Crippen LogP contribution in [0.3, 0.4) is 0 Å². The summed E-state index contributed by atoms with van der Waals surface area (Å²) < 4.78 is 7.65. The van der Waals surface area contributed by atoms with Crippen molar-refractivity contribution in [2.45, 2.75) is 45.2 Å². The van der Waals surface area contributed by atoms with E-state index >= 15 is 0 Å². The fourth-order valence-corrected chi connectivity index (χ4v) is 4.98. The zero-order chi connectivity index (χ0) is 17.7. The molecular formula is C21H23N3O2. The van der Waals surface area contributed by atoms with Gasteiger partial charge >= 0.3 is 5.97 Å². The number of rotatable bonds is 2. The van der Waals surface area contributed by atoms with E-state index in [2.05, 4.69) is 51.1 Å². The standard InChI is InChI=1S/C21H23N3O2/c1-2-26-20(25)21-12-6-5-9-18(21)23-16-8-4-3-7-15(16)17-11-14-22-24(17)19(23)10-13-21/h3-4,7-9,11,14,19H,2,5-6,10,12-13H2,1H3/t19-,21+/m0/s1. The first-order valence-corrected chi connectivity index (χ1v) is 9.56. The zero-order valence-electron chi connectivity index (χ0n) is 15.0. The van der Waals surface area contributed by atoms with Gasteiger partial charge in [-0.1, -0.05) is 24.3 Å². The van der Waals surface area contributed by atoms with Gasteiger partial charge < -0.3 is 9.64 Å². The van der Waals surface area contributed by atoms with Crippen LogP contribution in [0, 0.1) is 5.41 Å². The van der Waals surface area contributed by atoms with Crippen LogP contribution in [0.4, 0.5) is 5.69 Å². The molecule has 0 N–H and O–H groups in total. The summed E-state index contributed by atoms with van der Waals surface area (Å²) in [6.07, 6.45) is 8.88. The minimum Gasteiger partial charge on any atom is -0.465 e. The van der Waals surface area contributed by atoms with Crippen molar-refractivity contribution >= 4 is 11.7 Å². The predicted octanol–water partition coefficient (Wildman–Crippen LogP) is 4.28. The number of fused-ring (bicyclic) bond motifs is 8. The van der Waals surface area contributed by atoms with Crippen molar-refractivity contribution in [1.82, 2.24) is 9.78 Å². The normalized spacial score (nSPS) is 26.1. The van der Waals surface area contributed by atoms with Gasteiger partial charge in [-0.2, -0.15) is 5.10 Å². The first-order chi connectivity index (χ1) is 12.8. The molecule has 0 spiro atoms. The van der Waals surface area contributed by atoms with Crippen molar-refractivity contribution in [3.63, 3.8) is 0 Å². The second kappa shape index (κ2) is 5.73. The zero-order valence-corrected chi connectivity index (χ0v) is 15.0. The smallest absolute Gasteiger partial charge is 0.318 e. The van der Waals surface area contributed by atoms with E-state index in [0.29, 0.717) is 6.61 Å². The van der Waals surface area contributed by atoms with Crippen LogP contribution < -0.4 is 4.90 Å². The molecule has 5 nitrogen and oxygen atoms in total. The van der Waals surface area contributed by atoms with Crippen LogP contribution in [0.15, 0.2) is 48.3 Å². The third-order valence-corrected chi connectivity index (χ3v) is 6.08. The summed E-state index contributed by atoms with van der Waals surface area (Å²) >= 11 is 0. The molecule has 3 aliphatic rings. The van der Waals surface area contributed by atoms with E-state index in [1.54, 1.807) is 0 Å². The molecule has 0 amide bonds. The lowest BCUT2D eigenvalue weighted by Gasteiger charge is -2.52. The third-order valence-electron chi connectivity index (χ3n) is 6.08. The van der Waals surface area contributed by atoms with Crippen LogP contribution in [-0.4, -0.2) is 22.4 Å². The Kier molecular flexibility index (Phi) is 3.45. The van der Waals surface area contributed by atoms with Gasteiger partial charge in [-0.25, -0.2) is 4.68 Å². The molecule has 1 aromatic carbocycles. The summed E-state index contributed by atoms with van der Waals surface area (Å²) in [5, 5.41) is 4.61. The van der Waals surface area contributed by atoms with Gasteiger partial charge in [0.15, 0.2) is 0 Å². The number of hydrogen-bond donors (Lipinski definition) is 0. The van der Waals surface area contributed by atoms with Crippen molar-refractivity contribution in [2.24, 2.45) is 5.41 Å². The number of anilines is 1. The van der Waals surface area contributed by atoms with Gasteiger partial charge in [0.05, 0.1) is 18.0 Å². The quantitative estimate of drug-likeness (QED) is 0.759. The fourth-order valence-electron chi connectivity index (χ4n) is 4.98. The number of benzene rings is 1.